The van der Waals surface area contributed by atoms with Gasteiger partial charge in [-0.05, 0) is 25.3 Å². The van der Waals surface area contributed by atoms with Gasteiger partial charge in [0.2, 0.25) is 5.91 Å². The monoisotopic (exact) mass is 292 g/mol. The van der Waals surface area contributed by atoms with Gasteiger partial charge in [0.25, 0.3) is 0 Å². The topological polar surface area (TPSA) is 55.6 Å². The number of aryl methyl sites for hydroxylation is 1. The SMILES string of the molecule is COCCN(CCCc1ccccc1)C(=O)C(C)C(C)N. The molecule has 1 amide bonds. The van der Waals surface area contributed by atoms with Crippen LogP contribution in [0.3, 0.4) is 0 Å². The van der Waals surface area contributed by atoms with Crippen LogP contribution in [0.5, 0.6) is 0 Å². The van der Waals surface area contributed by atoms with Gasteiger partial charge < -0.3 is 15.4 Å². The van der Waals surface area contributed by atoms with Crippen molar-refractivity contribution >= 4 is 5.91 Å². The maximum Gasteiger partial charge on any atom is 0.227 e. The Morgan fingerprint density at radius 3 is 2.48 bits per heavy atom. The van der Waals surface area contributed by atoms with E-state index in [1.54, 1.807) is 7.11 Å². The van der Waals surface area contributed by atoms with E-state index in [1.807, 2.05) is 36.9 Å². The zero-order valence-corrected chi connectivity index (χ0v) is 13.4. The highest BCUT2D eigenvalue weighted by Gasteiger charge is 2.22. The molecule has 4 nitrogen and oxygen atoms in total. The fourth-order valence-corrected chi connectivity index (χ4v) is 2.17. The first-order chi connectivity index (χ1) is 10.1. The molecule has 0 fully saturated rings. The average Bonchev–Trinajstić information content (AvgIpc) is 2.50. The molecular formula is C17H28N2O2. The molecule has 1 rings (SSSR count). The first kappa shape index (κ1) is 17.7. The van der Waals surface area contributed by atoms with Crippen molar-refractivity contribution in [1.29, 1.82) is 0 Å². The summed E-state index contributed by atoms with van der Waals surface area (Å²) in [6.07, 6.45) is 1.93. The molecule has 0 aromatic heterocycles. The summed E-state index contributed by atoms with van der Waals surface area (Å²) in [7, 11) is 1.65. The van der Waals surface area contributed by atoms with E-state index >= 15 is 0 Å². The van der Waals surface area contributed by atoms with Crippen LogP contribution in [-0.2, 0) is 16.0 Å². The van der Waals surface area contributed by atoms with E-state index in [1.165, 1.54) is 5.56 Å². The highest BCUT2D eigenvalue weighted by Crippen LogP contribution is 2.09. The van der Waals surface area contributed by atoms with Crippen LogP contribution in [0.2, 0.25) is 0 Å². The minimum absolute atomic E-state index is 0.120. The molecule has 0 aliphatic heterocycles. The quantitative estimate of drug-likeness (QED) is 0.758. The highest BCUT2D eigenvalue weighted by atomic mass is 16.5. The van der Waals surface area contributed by atoms with E-state index in [4.69, 9.17) is 10.5 Å². The van der Waals surface area contributed by atoms with Crippen LogP contribution in [0.15, 0.2) is 30.3 Å². The number of nitrogens with two attached hydrogens (primary N) is 1. The minimum atomic E-state index is -0.154. The molecule has 0 radical (unpaired) electrons. The van der Waals surface area contributed by atoms with Gasteiger partial charge in [-0.3, -0.25) is 4.79 Å². The number of ether oxygens (including phenoxy) is 1. The molecule has 1 aromatic carbocycles. The lowest BCUT2D eigenvalue weighted by Crippen LogP contribution is -2.43. The van der Waals surface area contributed by atoms with Crippen molar-refractivity contribution < 1.29 is 9.53 Å². The fourth-order valence-electron chi connectivity index (χ4n) is 2.17. The summed E-state index contributed by atoms with van der Waals surface area (Å²) < 4.78 is 5.10. The number of hydrogen-bond donors (Lipinski definition) is 1. The second-order valence-corrected chi connectivity index (χ2v) is 5.56. The zero-order chi connectivity index (χ0) is 15.7. The van der Waals surface area contributed by atoms with E-state index in [0.29, 0.717) is 13.2 Å². The molecule has 0 bridgehead atoms. The summed E-state index contributed by atoms with van der Waals surface area (Å²) in [5, 5.41) is 0. The van der Waals surface area contributed by atoms with E-state index in [2.05, 4.69) is 12.1 Å². The Hall–Kier alpha value is -1.39. The Kier molecular flexibility index (Phi) is 8.01. The lowest BCUT2D eigenvalue weighted by molar-refractivity contribution is -0.136. The fraction of sp³-hybridized carbons (Fsp3) is 0.588. The van der Waals surface area contributed by atoms with E-state index in [-0.39, 0.29) is 17.9 Å². The van der Waals surface area contributed by atoms with Gasteiger partial charge >= 0.3 is 0 Å². The van der Waals surface area contributed by atoms with Gasteiger partial charge in [0, 0.05) is 26.2 Å². The van der Waals surface area contributed by atoms with Crippen LogP contribution in [0, 0.1) is 5.92 Å². The lowest BCUT2D eigenvalue weighted by Gasteiger charge is -2.27. The van der Waals surface area contributed by atoms with Crippen LogP contribution < -0.4 is 5.73 Å². The number of benzene rings is 1. The molecule has 0 saturated heterocycles. The van der Waals surface area contributed by atoms with Gasteiger partial charge in [0.05, 0.1) is 12.5 Å². The van der Waals surface area contributed by atoms with Crippen LogP contribution in [0.4, 0.5) is 0 Å². The van der Waals surface area contributed by atoms with Crippen LogP contribution in [0.1, 0.15) is 25.8 Å². The summed E-state index contributed by atoms with van der Waals surface area (Å²) in [6.45, 7) is 5.70. The Labute approximate surface area is 128 Å². The molecule has 4 heteroatoms. The third-order valence-electron chi connectivity index (χ3n) is 3.79. The van der Waals surface area contributed by atoms with Gasteiger partial charge in [-0.15, -0.1) is 0 Å². The molecule has 21 heavy (non-hydrogen) atoms. The van der Waals surface area contributed by atoms with E-state index in [9.17, 15) is 4.79 Å². The molecule has 0 aliphatic rings. The first-order valence-electron chi connectivity index (χ1n) is 7.63. The molecule has 0 saturated carbocycles. The van der Waals surface area contributed by atoms with Crippen molar-refractivity contribution in [1.82, 2.24) is 4.90 Å². The van der Waals surface area contributed by atoms with E-state index in [0.717, 1.165) is 19.4 Å². The Morgan fingerprint density at radius 2 is 1.90 bits per heavy atom. The van der Waals surface area contributed by atoms with Gasteiger partial charge in [0.15, 0.2) is 0 Å². The van der Waals surface area contributed by atoms with Gasteiger partial charge in [0.1, 0.15) is 0 Å². The minimum Gasteiger partial charge on any atom is -0.383 e. The second-order valence-electron chi connectivity index (χ2n) is 5.56. The molecule has 0 aliphatic carbocycles. The lowest BCUT2D eigenvalue weighted by atomic mass is 10.0. The predicted molar refractivity (Wildman–Crippen MR) is 86.0 cm³/mol. The first-order valence-corrected chi connectivity index (χ1v) is 7.63. The third kappa shape index (κ3) is 6.27. The Bertz CT molecular complexity index is 407. The molecule has 1 aromatic rings. The van der Waals surface area contributed by atoms with E-state index < -0.39 is 0 Å². The molecular weight excluding hydrogens is 264 g/mol. The van der Waals surface area contributed by atoms with Crippen molar-refractivity contribution in [3.05, 3.63) is 35.9 Å². The van der Waals surface area contributed by atoms with Crippen LogP contribution in [0.25, 0.3) is 0 Å². The van der Waals surface area contributed by atoms with Gasteiger partial charge in [-0.1, -0.05) is 37.3 Å². The summed E-state index contributed by atoms with van der Waals surface area (Å²) in [6, 6.07) is 10.2. The standard InChI is InChI=1S/C17H28N2O2/c1-14(15(2)18)17(20)19(12-13-21-3)11-7-10-16-8-5-4-6-9-16/h4-6,8-9,14-15H,7,10-13,18H2,1-3H3. The third-order valence-corrected chi connectivity index (χ3v) is 3.79. The average molecular weight is 292 g/mol. The van der Waals surface area contributed by atoms with Crippen LogP contribution in [-0.4, -0.2) is 43.7 Å². The van der Waals surface area contributed by atoms with Gasteiger partial charge in [-0.2, -0.15) is 0 Å². The number of hydrogen-bond acceptors (Lipinski definition) is 3. The maximum atomic E-state index is 12.4. The number of nitrogens with zero attached hydrogens (tertiary/aromatic N) is 1. The largest absolute Gasteiger partial charge is 0.383 e. The van der Waals surface area contributed by atoms with Crippen molar-refractivity contribution in [2.24, 2.45) is 11.7 Å². The van der Waals surface area contributed by atoms with Crippen molar-refractivity contribution in [2.45, 2.75) is 32.7 Å². The zero-order valence-electron chi connectivity index (χ0n) is 13.4. The second kappa shape index (κ2) is 9.53. The number of methoxy groups -OCH3 is 1. The van der Waals surface area contributed by atoms with Crippen LogP contribution >= 0.6 is 0 Å². The predicted octanol–water partition coefficient (Wildman–Crippen LogP) is 2.08. The number of amides is 1. The van der Waals surface area contributed by atoms with Crippen molar-refractivity contribution in [3.63, 3.8) is 0 Å². The summed E-state index contributed by atoms with van der Waals surface area (Å²) in [4.78, 5) is 14.3. The van der Waals surface area contributed by atoms with Gasteiger partial charge in [-0.25, -0.2) is 0 Å². The summed E-state index contributed by atoms with van der Waals surface area (Å²) in [5.41, 5.74) is 7.15. The molecule has 118 valence electrons. The molecule has 2 N–H and O–H groups in total. The highest BCUT2D eigenvalue weighted by molar-refractivity contribution is 5.79. The number of carbonyl (C=O) groups is 1. The smallest absolute Gasteiger partial charge is 0.227 e. The van der Waals surface area contributed by atoms with Crippen molar-refractivity contribution in [3.8, 4) is 0 Å². The Morgan fingerprint density at radius 1 is 1.24 bits per heavy atom. The number of rotatable bonds is 9. The normalized spacial score (nSPS) is 13.7. The molecule has 0 spiro atoms. The molecule has 2 atom stereocenters. The Balaban J connectivity index is 2.51. The number of carbonyl (C=O) groups excluding carboxylic acids is 1. The van der Waals surface area contributed by atoms with Crippen molar-refractivity contribution in [2.75, 3.05) is 26.8 Å². The summed E-state index contributed by atoms with van der Waals surface area (Å²) in [5.74, 6) is -0.0336. The summed E-state index contributed by atoms with van der Waals surface area (Å²) >= 11 is 0. The molecule has 0 heterocycles. The molecule has 2 unspecified atom stereocenters. The maximum absolute atomic E-state index is 12.4.